The topological polar surface area (TPSA) is 44.8 Å². The lowest BCUT2D eigenvalue weighted by Gasteiger charge is -2.42. The molecule has 2 atom stereocenters. The van der Waals surface area contributed by atoms with E-state index >= 15 is 0 Å². The Balaban J connectivity index is 2.66. The summed E-state index contributed by atoms with van der Waals surface area (Å²) in [5.74, 6) is 1.28. The summed E-state index contributed by atoms with van der Waals surface area (Å²) in [7, 11) is 3.31. The lowest BCUT2D eigenvalue weighted by molar-refractivity contribution is -0.144. The van der Waals surface area contributed by atoms with E-state index in [9.17, 15) is 4.79 Å². The highest BCUT2D eigenvalue weighted by Crippen LogP contribution is 2.58. The molecule has 0 unspecified atom stereocenters. The molecule has 0 spiro atoms. The minimum absolute atomic E-state index is 0.0209. The van der Waals surface area contributed by atoms with E-state index in [2.05, 4.69) is 13.8 Å². The molecule has 1 aliphatic rings. The van der Waals surface area contributed by atoms with Gasteiger partial charge in [-0.05, 0) is 42.9 Å². The molecule has 1 aliphatic carbocycles. The monoisotopic (exact) mass is 354 g/mol. The SMILES string of the molecule is COc1cc([C@@]2(COC(C)=O)C[C@@H](Cl)CC2(C)C)c(OC)cc1C. The zero-order valence-corrected chi connectivity index (χ0v) is 16.1. The van der Waals surface area contributed by atoms with E-state index in [-0.39, 0.29) is 23.4 Å². The Morgan fingerprint density at radius 3 is 2.29 bits per heavy atom. The highest BCUT2D eigenvalue weighted by Gasteiger charge is 2.55. The van der Waals surface area contributed by atoms with Crippen LogP contribution >= 0.6 is 11.6 Å². The molecular formula is C19H27ClO4. The van der Waals surface area contributed by atoms with Crippen LogP contribution in [-0.4, -0.2) is 32.2 Å². The molecule has 1 aromatic rings. The van der Waals surface area contributed by atoms with Crippen molar-refractivity contribution in [3.8, 4) is 11.5 Å². The lowest BCUT2D eigenvalue weighted by atomic mass is 9.64. The quantitative estimate of drug-likeness (QED) is 0.586. The van der Waals surface area contributed by atoms with Crippen LogP contribution < -0.4 is 9.47 Å². The van der Waals surface area contributed by atoms with Crippen LogP contribution in [0.25, 0.3) is 0 Å². The maximum Gasteiger partial charge on any atom is 0.302 e. The van der Waals surface area contributed by atoms with Crippen LogP contribution in [0.1, 0.15) is 44.7 Å². The number of ether oxygens (including phenoxy) is 3. The Kier molecular flexibility index (Phi) is 5.38. The van der Waals surface area contributed by atoms with E-state index in [4.69, 9.17) is 25.8 Å². The number of hydrogen-bond acceptors (Lipinski definition) is 4. The number of alkyl halides is 1. The Labute approximate surface area is 149 Å². The molecule has 0 bridgehead atoms. The summed E-state index contributed by atoms with van der Waals surface area (Å²) in [6.07, 6.45) is 1.56. The summed E-state index contributed by atoms with van der Waals surface area (Å²) in [6, 6.07) is 3.98. The summed E-state index contributed by atoms with van der Waals surface area (Å²) in [4.78, 5) is 11.5. The van der Waals surface area contributed by atoms with Gasteiger partial charge in [-0.3, -0.25) is 4.79 Å². The minimum Gasteiger partial charge on any atom is -0.496 e. The molecule has 0 aliphatic heterocycles. The van der Waals surface area contributed by atoms with Crippen molar-refractivity contribution in [2.24, 2.45) is 5.41 Å². The van der Waals surface area contributed by atoms with Gasteiger partial charge in [0.2, 0.25) is 0 Å². The number of esters is 1. The third-order valence-electron chi connectivity index (χ3n) is 5.35. The number of rotatable bonds is 5. The van der Waals surface area contributed by atoms with Crippen molar-refractivity contribution in [1.82, 2.24) is 0 Å². The third kappa shape index (κ3) is 3.21. The van der Waals surface area contributed by atoms with E-state index in [1.165, 1.54) is 6.92 Å². The number of carbonyl (C=O) groups is 1. The van der Waals surface area contributed by atoms with E-state index in [1.807, 2.05) is 19.1 Å². The van der Waals surface area contributed by atoms with Crippen molar-refractivity contribution in [2.45, 2.75) is 51.3 Å². The van der Waals surface area contributed by atoms with Gasteiger partial charge in [0.25, 0.3) is 0 Å². The first-order chi connectivity index (χ1) is 11.2. The first kappa shape index (κ1) is 18.9. The molecule has 2 rings (SSSR count). The molecule has 4 nitrogen and oxygen atoms in total. The Morgan fingerprint density at radius 2 is 1.83 bits per heavy atom. The number of hydrogen-bond donors (Lipinski definition) is 0. The number of halogens is 1. The van der Waals surface area contributed by atoms with E-state index in [1.54, 1.807) is 14.2 Å². The smallest absolute Gasteiger partial charge is 0.302 e. The van der Waals surface area contributed by atoms with Crippen LogP contribution in [0.5, 0.6) is 11.5 Å². The van der Waals surface area contributed by atoms with Crippen LogP contribution in [0.15, 0.2) is 12.1 Å². The summed E-state index contributed by atoms with van der Waals surface area (Å²) >= 11 is 6.53. The zero-order chi connectivity index (χ0) is 18.1. The van der Waals surface area contributed by atoms with E-state index < -0.39 is 5.41 Å². The number of aryl methyl sites for hydroxylation is 1. The number of benzene rings is 1. The largest absolute Gasteiger partial charge is 0.496 e. The van der Waals surface area contributed by atoms with Crippen molar-refractivity contribution in [3.63, 3.8) is 0 Å². The fourth-order valence-electron chi connectivity index (χ4n) is 3.93. The molecule has 1 saturated carbocycles. The van der Waals surface area contributed by atoms with Gasteiger partial charge in [0, 0.05) is 23.3 Å². The second kappa shape index (κ2) is 6.83. The van der Waals surface area contributed by atoms with Gasteiger partial charge < -0.3 is 14.2 Å². The van der Waals surface area contributed by atoms with Gasteiger partial charge in [0.15, 0.2) is 0 Å². The minimum atomic E-state index is -0.419. The highest BCUT2D eigenvalue weighted by molar-refractivity contribution is 6.21. The van der Waals surface area contributed by atoms with E-state index in [0.717, 1.165) is 35.5 Å². The number of carbonyl (C=O) groups excluding carboxylic acids is 1. The summed E-state index contributed by atoms with van der Waals surface area (Å²) in [5.41, 5.74) is 1.42. The van der Waals surface area contributed by atoms with Crippen molar-refractivity contribution < 1.29 is 19.0 Å². The standard InChI is InChI=1S/C19H27ClO4/c1-12-7-17(23-6)15(8-16(12)22-5)19(11-24-13(2)21)10-14(20)9-18(19,3)4/h7-8,14H,9-11H2,1-6H3/t14-,19-/m0/s1. The maximum atomic E-state index is 11.5. The Morgan fingerprint density at radius 1 is 1.21 bits per heavy atom. The van der Waals surface area contributed by atoms with Gasteiger partial charge in [-0.2, -0.15) is 0 Å². The highest BCUT2D eigenvalue weighted by atomic mass is 35.5. The fraction of sp³-hybridized carbons (Fsp3) is 0.632. The summed E-state index contributed by atoms with van der Waals surface area (Å²) in [6.45, 7) is 8.03. The Bertz CT molecular complexity index is 626. The second-order valence-corrected chi connectivity index (χ2v) is 7.89. The van der Waals surface area contributed by atoms with Gasteiger partial charge in [0.1, 0.15) is 18.1 Å². The maximum absolute atomic E-state index is 11.5. The van der Waals surface area contributed by atoms with Crippen LogP contribution in [0, 0.1) is 12.3 Å². The molecule has 0 saturated heterocycles. The molecular weight excluding hydrogens is 328 g/mol. The molecule has 0 radical (unpaired) electrons. The van der Waals surface area contributed by atoms with Gasteiger partial charge >= 0.3 is 5.97 Å². The van der Waals surface area contributed by atoms with Gasteiger partial charge in [0.05, 0.1) is 14.2 Å². The molecule has 24 heavy (non-hydrogen) atoms. The summed E-state index contributed by atoms with van der Waals surface area (Å²) < 4.78 is 16.7. The third-order valence-corrected chi connectivity index (χ3v) is 5.66. The lowest BCUT2D eigenvalue weighted by Crippen LogP contribution is -2.42. The molecule has 5 heteroatoms. The number of methoxy groups -OCH3 is 2. The van der Waals surface area contributed by atoms with E-state index in [0.29, 0.717) is 0 Å². The average Bonchev–Trinajstić information content (AvgIpc) is 2.73. The molecule has 0 aromatic heterocycles. The molecule has 134 valence electrons. The van der Waals surface area contributed by atoms with Crippen molar-refractivity contribution in [3.05, 3.63) is 23.3 Å². The second-order valence-electron chi connectivity index (χ2n) is 7.27. The zero-order valence-electron chi connectivity index (χ0n) is 15.4. The predicted octanol–water partition coefficient (Wildman–Crippen LogP) is 4.24. The Hall–Kier alpha value is -1.42. The molecule has 1 fully saturated rings. The first-order valence-electron chi connectivity index (χ1n) is 8.17. The predicted molar refractivity (Wildman–Crippen MR) is 95.3 cm³/mol. The van der Waals surface area contributed by atoms with Gasteiger partial charge in [-0.25, -0.2) is 0 Å². The van der Waals surface area contributed by atoms with Crippen LogP contribution in [0.3, 0.4) is 0 Å². The van der Waals surface area contributed by atoms with Gasteiger partial charge in [-0.1, -0.05) is 13.8 Å². The van der Waals surface area contributed by atoms with Crippen LogP contribution in [0.4, 0.5) is 0 Å². The van der Waals surface area contributed by atoms with Gasteiger partial charge in [-0.15, -0.1) is 11.6 Å². The molecule has 0 heterocycles. The van der Waals surface area contributed by atoms with Crippen molar-refractivity contribution in [2.75, 3.05) is 20.8 Å². The summed E-state index contributed by atoms with van der Waals surface area (Å²) in [5, 5.41) is 0.0209. The molecule has 0 N–H and O–H groups in total. The normalized spacial score (nSPS) is 25.4. The molecule has 0 amide bonds. The molecule has 1 aromatic carbocycles. The van der Waals surface area contributed by atoms with Crippen molar-refractivity contribution >= 4 is 17.6 Å². The van der Waals surface area contributed by atoms with Crippen molar-refractivity contribution in [1.29, 1.82) is 0 Å². The van der Waals surface area contributed by atoms with Crippen LogP contribution in [0.2, 0.25) is 0 Å². The average molecular weight is 355 g/mol. The first-order valence-corrected chi connectivity index (χ1v) is 8.61. The fourth-order valence-corrected chi connectivity index (χ4v) is 4.58. The van der Waals surface area contributed by atoms with Crippen LogP contribution in [-0.2, 0) is 14.9 Å².